The molecule has 32 nitrogen and oxygen atoms in total. The van der Waals surface area contributed by atoms with Crippen LogP contribution in [0.4, 0.5) is 123 Å². The van der Waals surface area contributed by atoms with Crippen LogP contribution in [-0.4, -0.2) is 275 Å². The quantitative estimate of drug-likeness (QED) is 0.0181. The van der Waals surface area contributed by atoms with Gasteiger partial charge in [0.15, 0.2) is 0 Å². The van der Waals surface area contributed by atoms with Gasteiger partial charge >= 0.3 is 170 Å². The van der Waals surface area contributed by atoms with Crippen LogP contribution in [0.25, 0.3) is 0 Å². The molecule has 712 valence electrons. The molecule has 60 heteroatoms. The van der Waals surface area contributed by atoms with E-state index in [4.69, 9.17) is 0 Å². The summed E-state index contributed by atoms with van der Waals surface area (Å²) in [5.41, 5.74) is 0.360. The van der Waals surface area contributed by atoms with E-state index in [2.05, 4.69) is 128 Å². The average Bonchev–Trinajstić information content (AvgIpc) is 0.820. The molecule has 0 aromatic carbocycles. The molecule has 0 saturated carbocycles. The summed E-state index contributed by atoms with van der Waals surface area (Å²) in [5.74, 6) is -45.4. The molecule has 0 spiro atoms. The van der Waals surface area contributed by atoms with Crippen molar-refractivity contribution in [3.05, 3.63) is 99.2 Å². The maximum absolute atomic E-state index is 12.3. The Morgan fingerprint density at radius 1 is 0.242 bits per heavy atom. The second-order valence-corrected chi connectivity index (χ2v) is 19.9. The molecule has 0 unspecified atom stereocenters. The molecular formula is C64H68F28O32. The molecule has 0 amide bonds. The maximum Gasteiger partial charge on any atom is 0.490 e. The molecule has 0 aliphatic heterocycles. The summed E-state index contributed by atoms with van der Waals surface area (Å²) in [6.07, 6.45) is -33.4. The van der Waals surface area contributed by atoms with Gasteiger partial charge in [-0.05, 0) is 27.7 Å². The number of hydrogen-bond acceptors (Lipinski definition) is 32. The minimum Gasteiger partial charge on any atom is -0.459 e. The lowest BCUT2D eigenvalue weighted by molar-refractivity contribution is -0.281. The van der Waals surface area contributed by atoms with E-state index in [1.54, 1.807) is 0 Å². The SMILES string of the molecule is C=C(C)C(=O)OCCOC(=O)C(F)(F)C(F)(F)F.C=C(C)C(=O)OCCOC(=O)C(F)(F)C(F)F.C=C(C)C(=O)OCCOC(=O)C(F)(F)F.C=C(C)C(=O)OCCOC(=O)C(F)F.C=CC(=O)OCCOC(=O)C(F)(F)C(F)(F)F.C=CC(=O)OCCOC(=O)C(F)(F)C(F)F.C=CC(=O)OCCOC(=O)C(F)(F)F.C=CC(=O)OCCOC(=O)C(F)F. The van der Waals surface area contributed by atoms with Crippen LogP contribution in [0.3, 0.4) is 0 Å². The standard InChI is InChI=1S/C9H9F5O4.C9H10F4O4.C8H7F5O4.C8H8F4O4.C8H9F3O4.C8H10F2O4.C7H7F3O4.C7H8F2O4/c1-5(2)6(15)17-3-4-18-7(16)8(10,11)9(12,13)14;1-5(2)6(14)16-3-4-17-8(15)9(12,13)7(10)11;1-2-5(14)16-3-4-17-6(15)7(9,10)8(11,12)13;1-2-5(13)15-3-4-16-7(14)8(11,12)6(9)10;1-5(2)6(12)14-3-4-15-7(13)8(9,10)11;1-5(2)7(11)13-3-4-14-8(12)6(9)10;1-2-5(11)13-3-4-14-6(12)7(8,9)10;1-2-5(10)12-3-4-13-7(11)6(8)9/h1,3-4H2,2H3;7H,1,3-4H2,2H3;2H,1,3-4H2;2,6H,1,3-4H2;1,3-4H2,2H3;6H,1,3-4H2,2H3;2H,1,3-4H2;2,6H,1,3-4H2. The zero-order valence-electron chi connectivity index (χ0n) is 63.2. The summed E-state index contributed by atoms with van der Waals surface area (Å²) in [6.45, 7) is 21.5. The fraction of sp³-hybridized carbons (Fsp3) is 0.500. The highest BCUT2D eigenvalue weighted by atomic mass is 19.4. The van der Waals surface area contributed by atoms with Crippen molar-refractivity contribution in [3.63, 3.8) is 0 Å². The van der Waals surface area contributed by atoms with Crippen molar-refractivity contribution >= 4 is 95.5 Å². The second kappa shape index (κ2) is 64.3. The Morgan fingerprint density at radius 3 is 0.540 bits per heavy atom. The van der Waals surface area contributed by atoms with Gasteiger partial charge in [-0.1, -0.05) is 52.6 Å². The summed E-state index contributed by atoms with van der Waals surface area (Å²) in [7, 11) is 0. The average molecular weight is 1880 g/mol. The Bertz CT molecular complexity index is 3530. The van der Waals surface area contributed by atoms with Gasteiger partial charge in [-0.15, -0.1) is 0 Å². The number of hydrogen-bond donors (Lipinski definition) is 0. The lowest BCUT2D eigenvalue weighted by atomic mass is 10.3. The topological polar surface area (TPSA) is 421 Å². The number of esters is 16. The second-order valence-electron chi connectivity index (χ2n) is 19.9. The van der Waals surface area contributed by atoms with E-state index in [-0.39, 0.29) is 48.7 Å². The van der Waals surface area contributed by atoms with Gasteiger partial charge in [0.1, 0.15) is 106 Å². The van der Waals surface area contributed by atoms with E-state index in [0.29, 0.717) is 0 Å². The van der Waals surface area contributed by atoms with Gasteiger partial charge in [-0.2, -0.15) is 105 Å². The third-order valence-electron chi connectivity index (χ3n) is 9.66. The van der Waals surface area contributed by atoms with Crippen LogP contribution >= 0.6 is 0 Å². The molecule has 0 saturated heterocycles. The summed E-state index contributed by atoms with van der Waals surface area (Å²) >= 11 is 0. The molecule has 0 aromatic heterocycles. The first-order valence-electron chi connectivity index (χ1n) is 31.0. The number of ether oxygens (including phenoxy) is 16. The normalized spacial score (nSPS) is 10.9. The van der Waals surface area contributed by atoms with Crippen molar-refractivity contribution in [3.8, 4) is 0 Å². The van der Waals surface area contributed by atoms with Crippen molar-refractivity contribution in [2.24, 2.45) is 0 Å². The number of rotatable bonds is 40. The Hall–Kier alpha value is -12.5. The smallest absolute Gasteiger partial charge is 0.459 e. The monoisotopic (exact) mass is 1880 g/mol. The Morgan fingerprint density at radius 2 is 0.395 bits per heavy atom. The fourth-order valence-corrected chi connectivity index (χ4v) is 4.00. The Balaban J connectivity index is -0.000000207. The highest BCUT2D eigenvalue weighted by Gasteiger charge is 2.66. The van der Waals surface area contributed by atoms with Gasteiger partial charge in [0, 0.05) is 46.6 Å². The minimum atomic E-state index is -6.03. The van der Waals surface area contributed by atoms with E-state index in [1.807, 2.05) is 0 Å². The molecule has 0 heterocycles. The molecule has 0 aliphatic carbocycles. The first-order chi connectivity index (χ1) is 56.3. The van der Waals surface area contributed by atoms with E-state index in [1.165, 1.54) is 27.7 Å². The predicted molar refractivity (Wildman–Crippen MR) is 343 cm³/mol. The number of carbonyl (C=O) groups is 16. The molecule has 0 radical (unpaired) electrons. The van der Waals surface area contributed by atoms with Gasteiger partial charge in [0.2, 0.25) is 0 Å². The highest BCUT2D eigenvalue weighted by molar-refractivity contribution is 5.89. The molecule has 0 atom stereocenters. The molecule has 0 N–H and O–H groups in total. The van der Waals surface area contributed by atoms with Crippen LogP contribution in [0.15, 0.2) is 99.2 Å². The van der Waals surface area contributed by atoms with E-state index >= 15 is 0 Å². The van der Waals surface area contributed by atoms with Gasteiger partial charge in [-0.25, -0.2) is 94.3 Å². The van der Waals surface area contributed by atoms with Crippen molar-refractivity contribution < 1.29 is 275 Å². The third-order valence-corrected chi connectivity index (χ3v) is 9.66. The first-order valence-corrected chi connectivity index (χ1v) is 31.0. The maximum atomic E-state index is 12.3. The fourth-order valence-electron chi connectivity index (χ4n) is 4.00. The van der Waals surface area contributed by atoms with Gasteiger partial charge < -0.3 is 75.8 Å². The minimum absolute atomic E-state index is 0.00180. The van der Waals surface area contributed by atoms with Crippen LogP contribution in [0.5, 0.6) is 0 Å². The molecule has 0 rings (SSSR count). The summed E-state index contributed by atoms with van der Waals surface area (Å²) in [5, 5.41) is 0. The van der Waals surface area contributed by atoms with E-state index in [0.717, 1.165) is 24.3 Å². The van der Waals surface area contributed by atoms with Gasteiger partial charge in [0.25, 0.3) is 0 Å². The molecule has 0 aromatic rings. The van der Waals surface area contributed by atoms with Crippen LogP contribution in [0.2, 0.25) is 0 Å². The van der Waals surface area contributed by atoms with Gasteiger partial charge in [-0.3, -0.25) is 0 Å². The number of halogens is 28. The summed E-state index contributed by atoms with van der Waals surface area (Å²) < 4.78 is 395. The molecule has 0 aliphatic rings. The van der Waals surface area contributed by atoms with Crippen molar-refractivity contribution in [1.29, 1.82) is 0 Å². The van der Waals surface area contributed by atoms with Crippen LogP contribution in [-0.2, 0) is 153 Å². The van der Waals surface area contributed by atoms with Gasteiger partial charge in [0.05, 0.1) is 0 Å². The van der Waals surface area contributed by atoms with Crippen molar-refractivity contribution in [2.75, 3.05) is 106 Å². The lowest BCUT2D eigenvalue weighted by Gasteiger charge is -2.17. The first kappa shape index (κ1) is 127. The van der Waals surface area contributed by atoms with Crippen molar-refractivity contribution in [2.45, 2.75) is 102 Å². The molecule has 0 bridgehead atoms. The van der Waals surface area contributed by atoms with Crippen LogP contribution in [0, 0.1) is 0 Å². The Labute approximate surface area is 676 Å². The van der Waals surface area contributed by atoms with Crippen LogP contribution < -0.4 is 0 Å². The molecule has 124 heavy (non-hydrogen) atoms. The van der Waals surface area contributed by atoms with E-state index in [9.17, 15) is 200 Å². The van der Waals surface area contributed by atoms with Crippen molar-refractivity contribution in [1.82, 2.24) is 0 Å². The zero-order valence-corrected chi connectivity index (χ0v) is 63.2. The third kappa shape index (κ3) is 64.4. The highest BCUT2D eigenvalue weighted by Crippen LogP contribution is 2.37. The number of carbonyl (C=O) groups excluding carboxylic acids is 16. The zero-order chi connectivity index (χ0) is 99.3. The van der Waals surface area contributed by atoms with E-state index < -0.39 is 249 Å². The predicted octanol–water partition coefficient (Wildman–Crippen LogP) is 9.48. The molecule has 0 fully saturated rings. The summed E-state index contributed by atoms with van der Waals surface area (Å²) in [6, 6.07) is 0. The molecular weight excluding hydrogens is 1810 g/mol. The lowest BCUT2D eigenvalue weighted by Crippen LogP contribution is -2.45. The largest absolute Gasteiger partial charge is 0.490 e. The van der Waals surface area contributed by atoms with Crippen LogP contribution in [0.1, 0.15) is 27.7 Å². The summed E-state index contributed by atoms with van der Waals surface area (Å²) in [4.78, 5) is 167. The Kier molecular flexibility index (Phi) is 65.9. The number of alkyl halides is 28.